The van der Waals surface area contributed by atoms with Crippen LogP contribution in [0.5, 0.6) is 0 Å². The van der Waals surface area contributed by atoms with E-state index in [4.69, 9.17) is 0 Å². The standard InChI is InChI=1S/C21H28N4O2/c1-4-17(14-8-6-5-7-9-14)21(27)22-16-10-15(11-16)18-12-19(25-24-18)23-20(26)13(2)3/h5-9,12-13,15-17H,4,10-11H2,1-3H3,(H,22,27)(H2,23,24,25,26)/t15-,16+,17?. The van der Waals surface area contributed by atoms with E-state index in [0.29, 0.717) is 11.7 Å². The molecule has 2 amide bonds. The van der Waals surface area contributed by atoms with E-state index in [2.05, 4.69) is 20.8 Å². The lowest BCUT2D eigenvalue weighted by Gasteiger charge is -2.35. The van der Waals surface area contributed by atoms with E-state index in [0.717, 1.165) is 30.5 Å². The lowest BCUT2D eigenvalue weighted by atomic mass is 9.78. The van der Waals surface area contributed by atoms with Gasteiger partial charge in [0.2, 0.25) is 11.8 Å². The highest BCUT2D eigenvalue weighted by atomic mass is 16.2. The number of aromatic nitrogens is 2. The summed E-state index contributed by atoms with van der Waals surface area (Å²) < 4.78 is 0. The third kappa shape index (κ3) is 4.56. The molecule has 1 aliphatic carbocycles. The van der Waals surface area contributed by atoms with Crippen LogP contribution < -0.4 is 10.6 Å². The van der Waals surface area contributed by atoms with Crippen molar-refractivity contribution in [1.82, 2.24) is 15.5 Å². The van der Waals surface area contributed by atoms with Crippen LogP contribution in [-0.4, -0.2) is 28.1 Å². The minimum Gasteiger partial charge on any atom is -0.353 e. The highest BCUT2D eigenvalue weighted by Gasteiger charge is 2.34. The predicted molar refractivity (Wildman–Crippen MR) is 105 cm³/mol. The molecule has 0 spiro atoms. The fourth-order valence-corrected chi connectivity index (χ4v) is 3.42. The van der Waals surface area contributed by atoms with E-state index >= 15 is 0 Å². The molecule has 3 N–H and O–H groups in total. The molecule has 6 nitrogen and oxygen atoms in total. The molecule has 0 saturated heterocycles. The van der Waals surface area contributed by atoms with Gasteiger partial charge in [0, 0.05) is 23.9 Å². The molecule has 144 valence electrons. The van der Waals surface area contributed by atoms with Gasteiger partial charge in [0.1, 0.15) is 5.82 Å². The van der Waals surface area contributed by atoms with Crippen molar-refractivity contribution in [2.75, 3.05) is 5.32 Å². The van der Waals surface area contributed by atoms with E-state index in [-0.39, 0.29) is 29.7 Å². The molecule has 1 aromatic carbocycles. The van der Waals surface area contributed by atoms with Gasteiger partial charge in [-0.3, -0.25) is 14.7 Å². The minimum absolute atomic E-state index is 0.0320. The van der Waals surface area contributed by atoms with Gasteiger partial charge >= 0.3 is 0 Å². The number of nitrogens with one attached hydrogen (secondary N) is 3. The number of nitrogens with zero attached hydrogens (tertiary/aromatic N) is 1. The molecule has 3 rings (SSSR count). The second-order valence-corrected chi connectivity index (χ2v) is 7.60. The Morgan fingerprint density at radius 2 is 1.89 bits per heavy atom. The number of amides is 2. The van der Waals surface area contributed by atoms with Crippen molar-refractivity contribution < 1.29 is 9.59 Å². The lowest BCUT2D eigenvalue weighted by molar-refractivity contribution is -0.124. The first-order chi connectivity index (χ1) is 13.0. The summed E-state index contributed by atoms with van der Waals surface area (Å²) in [5.74, 6) is 0.832. The molecule has 2 aromatic rings. The Morgan fingerprint density at radius 1 is 1.19 bits per heavy atom. The first-order valence-electron chi connectivity index (χ1n) is 9.69. The van der Waals surface area contributed by atoms with Crippen molar-refractivity contribution >= 4 is 17.6 Å². The Morgan fingerprint density at radius 3 is 2.52 bits per heavy atom. The Bertz CT molecular complexity index is 778. The van der Waals surface area contributed by atoms with Crippen LogP contribution in [0.4, 0.5) is 5.82 Å². The van der Waals surface area contributed by atoms with Crippen LogP contribution >= 0.6 is 0 Å². The largest absolute Gasteiger partial charge is 0.353 e. The quantitative estimate of drug-likeness (QED) is 0.698. The molecule has 6 heteroatoms. The van der Waals surface area contributed by atoms with Crippen LogP contribution in [0.25, 0.3) is 0 Å². The third-order valence-corrected chi connectivity index (χ3v) is 5.21. The number of hydrogen-bond donors (Lipinski definition) is 3. The van der Waals surface area contributed by atoms with Gasteiger partial charge in [-0.15, -0.1) is 0 Å². The monoisotopic (exact) mass is 368 g/mol. The zero-order valence-electron chi connectivity index (χ0n) is 16.2. The van der Waals surface area contributed by atoms with Crippen molar-refractivity contribution in [2.45, 2.75) is 57.9 Å². The van der Waals surface area contributed by atoms with Gasteiger partial charge in [-0.1, -0.05) is 51.1 Å². The first kappa shape index (κ1) is 19.1. The second-order valence-electron chi connectivity index (χ2n) is 7.60. The minimum atomic E-state index is -0.103. The van der Waals surface area contributed by atoms with Gasteiger partial charge in [0.25, 0.3) is 0 Å². The smallest absolute Gasteiger partial charge is 0.228 e. The fourth-order valence-electron chi connectivity index (χ4n) is 3.42. The lowest BCUT2D eigenvalue weighted by Crippen LogP contribution is -2.45. The molecule has 0 aliphatic heterocycles. The van der Waals surface area contributed by atoms with Gasteiger partial charge in [-0.2, -0.15) is 5.10 Å². The summed E-state index contributed by atoms with van der Waals surface area (Å²) in [7, 11) is 0. The summed E-state index contributed by atoms with van der Waals surface area (Å²) in [4.78, 5) is 24.4. The average molecular weight is 368 g/mol. The molecule has 0 bridgehead atoms. The number of aromatic amines is 1. The molecule has 27 heavy (non-hydrogen) atoms. The maximum absolute atomic E-state index is 12.6. The molecule has 1 unspecified atom stereocenters. The van der Waals surface area contributed by atoms with Crippen molar-refractivity contribution in [1.29, 1.82) is 0 Å². The summed E-state index contributed by atoms with van der Waals surface area (Å²) >= 11 is 0. The predicted octanol–water partition coefficient (Wildman–Crippen LogP) is 3.56. The first-order valence-corrected chi connectivity index (χ1v) is 9.69. The molecule has 1 saturated carbocycles. The van der Waals surface area contributed by atoms with Gasteiger partial charge in [0.15, 0.2) is 0 Å². The molecular weight excluding hydrogens is 340 g/mol. The maximum atomic E-state index is 12.6. The molecule has 1 aliphatic rings. The molecule has 1 fully saturated rings. The highest BCUT2D eigenvalue weighted by molar-refractivity contribution is 5.91. The number of rotatable bonds is 7. The topological polar surface area (TPSA) is 86.9 Å². The van der Waals surface area contributed by atoms with Gasteiger partial charge in [-0.05, 0) is 24.8 Å². The van der Waals surface area contributed by atoms with Gasteiger partial charge < -0.3 is 10.6 Å². The summed E-state index contributed by atoms with van der Waals surface area (Å²) in [6.45, 7) is 5.74. The number of H-pyrrole nitrogens is 1. The summed E-state index contributed by atoms with van der Waals surface area (Å²) in [5.41, 5.74) is 2.00. The van der Waals surface area contributed by atoms with E-state index in [1.165, 1.54) is 0 Å². The number of carbonyl (C=O) groups is 2. The van der Waals surface area contributed by atoms with Crippen molar-refractivity contribution in [3.05, 3.63) is 47.7 Å². The van der Waals surface area contributed by atoms with Crippen LogP contribution in [0.2, 0.25) is 0 Å². The highest BCUT2D eigenvalue weighted by Crippen LogP contribution is 2.37. The molecular formula is C21H28N4O2. The van der Waals surface area contributed by atoms with E-state index in [1.54, 1.807) is 0 Å². The average Bonchev–Trinajstić information content (AvgIpc) is 3.07. The molecule has 1 heterocycles. The van der Waals surface area contributed by atoms with E-state index < -0.39 is 0 Å². The summed E-state index contributed by atoms with van der Waals surface area (Å²) in [5, 5.41) is 13.2. The second kappa shape index (κ2) is 8.37. The zero-order valence-corrected chi connectivity index (χ0v) is 16.2. The summed E-state index contributed by atoms with van der Waals surface area (Å²) in [6, 6.07) is 12.0. The fraction of sp³-hybridized carbons (Fsp3) is 0.476. The van der Waals surface area contributed by atoms with E-state index in [1.807, 2.05) is 57.2 Å². The summed E-state index contributed by atoms with van der Waals surface area (Å²) in [6.07, 6.45) is 2.53. The molecule has 1 atom stereocenters. The van der Waals surface area contributed by atoms with E-state index in [9.17, 15) is 9.59 Å². The van der Waals surface area contributed by atoms with Crippen molar-refractivity contribution in [2.24, 2.45) is 5.92 Å². The number of carbonyl (C=O) groups excluding carboxylic acids is 2. The number of hydrogen-bond acceptors (Lipinski definition) is 3. The zero-order chi connectivity index (χ0) is 19.4. The van der Waals surface area contributed by atoms with Gasteiger partial charge in [-0.25, -0.2) is 0 Å². The van der Waals surface area contributed by atoms with Crippen LogP contribution in [0.15, 0.2) is 36.4 Å². The van der Waals surface area contributed by atoms with Crippen molar-refractivity contribution in [3.8, 4) is 0 Å². The van der Waals surface area contributed by atoms with Gasteiger partial charge in [0.05, 0.1) is 11.6 Å². The molecule has 0 radical (unpaired) electrons. The number of anilines is 1. The Labute approximate surface area is 160 Å². The Kier molecular flexibility index (Phi) is 5.94. The number of benzene rings is 1. The van der Waals surface area contributed by atoms with Crippen LogP contribution in [0.3, 0.4) is 0 Å². The maximum Gasteiger partial charge on any atom is 0.228 e. The SMILES string of the molecule is CCC(C(=O)N[C@H]1C[C@@H](c2cc(NC(=O)C(C)C)[nH]n2)C1)c1ccccc1. The Balaban J connectivity index is 1.50. The van der Waals surface area contributed by atoms with Crippen LogP contribution in [0, 0.1) is 5.92 Å². The van der Waals surface area contributed by atoms with Crippen LogP contribution in [-0.2, 0) is 9.59 Å². The Hall–Kier alpha value is -2.63. The van der Waals surface area contributed by atoms with Crippen molar-refractivity contribution in [3.63, 3.8) is 0 Å². The normalized spacial score (nSPS) is 20.0. The third-order valence-electron chi connectivity index (χ3n) is 5.21. The van der Waals surface area contributed by atoms with Crippen LogP contribution in [0.1, 0.15) is 63.1 Å². The molecule has 1 aromatic heterocycles.